The number of aliphatic hydroxyl groups excluding tert-OH is 1. The molecule has 1 heterocycles. The van der Waals surface area contributed by atoms with Gasteiger partial charge in [-0.05, 0) is 13.8 Å². The van der Waals surface area contributed by atoms with Gasteiger partial charge in [-0.15, -0.1) is 0 Å². The standard InChI is InChI=1S/C10H18O7/c1-9(14-3)10(2,15-4)17-7(8(12)13)6(5-11)16-9/h6-7,11H,5H2,1-4H3,(H,12,13)/t6-,7+,9+,10+/m0/s1. The number of rotatable bonds is 4. The second-order valence-electron chi connectivity index (χ2n) is 4.02. The molecule has 7 heteroatoms. The maximum atomic E-state index is 11.0. The minimum atomic E-state index is -1.38. The minimum absolute atomic E-state index is 0.490. The number of ether oxygens (including phenoxy) is 4. The van der Waals surface area contributed by atoms with Crippen LogP contribution in [0.25, 0.3) is 0 Å². The fraction of sp³-hybridized carbons (Fsp3) is 0.900. The van der Waals surface area contributed by atoms with Gasteiger partial charge in [0, 0.05) is 14.2 Å². The average Bonchev–Trinajstić information content (AvgIpc) is 2.31. The van der Waals surface area contributed by atoms with Crippen molar-refractivity contribution in [1.29, 1.82) is 0 Å². The van der Waals surface area contributed by atoms with Crippen molar-refractivity contribution in [3.05, 3.63) is 0 Å². The van der Waals surface area contributed by atoms with Gasteiger partial charge in [-0.3, -0.25) is 0 Å². The van der Waals surface area contributed by atoms with Crippen molar-refractivity contribution in [1.82, 2.24) is 0 Å². The van der Waals surface area contributed by atoms with Gasteiger partial charge in [0.25, 0.3) is 0 Å². The van der Waals surface area contributed by atoms with Gasteiger partial charge in [0.15, 0.2) is 6.10 Å². The number of hydrogen-bond donors (Lipinski definition) is 2. The number of aliphatic hydroxyl groups is 1. The zero-order valence-corrected chi connectivity index (χ0v) is 10.3. The van der Waals surface area contributed by atoms with Crippen LogP contribution in [-0.2, 0) is 23.7 Å². The van der Waals surface area contributed by atoms with Crippen molar-refractivity contribution in [3.8, 4) is 0 Å². The summed E-state index contributed by atoms with van der Waals surface area (Å²) in [5, 5.41) is 18.1. The lowest BCUT2D eigenvalue weighted by molar-refractivity contribution is -0.445. The molecule has 0 aromatic carbocycles. The molecule has 0 radical (unpaired) electrons. The summed E-state index contributed by atoms with van der Waals surface area (Å²) >= 11 is 0. The zero-order valence-electron chi connectivity index (χ0n) is 10.3. The van der Waals surface area contributed by atoms with Gasteiger partial charge >= 0.3 is 5.97 Å². The molecule has 1 aliphatic rings. The maximum absolute atomic E-state index is 11.0. The minimum Gasteiger partial charge on any atom is -0.479 e. The van der Waals surface area contributed by atoms with E-state index in [0.29, 0.717) is 0 Å². The monoisotopic (exact) mass is 250 g/mol. The summed E-state index contributed by atoms with van der Waals surface area (Å²) in [7, 11) is 2.75. The first kappa shape index (κ1) is 14.3. The van der Waals surface area contributed by atoms with E-state index in [0.717, 1.165) is 0 Å². The summed E-state index contributed by atoms with van der Waals surface area (Å²) in [6.07, 6.45) is -2.33. The van der Waals surface area contributed by atoms with E-state index < -0.39 is 36.4 Å². The third kappa shape index (κ3) is 2.29. The molecule has 17 heavy (non-hydrogen) atoms. The van der Waals surface area contributed by atoms with E-state index in [2.05, 4.69) is 0 Å². The maximum Gasteiger partial charge on any atom is 0.335 e. The SMILES string of the molecule is CO[C@]1(C)O[C@@H](CO)[C@H](C(=O)O)O[C@@]1(C)OC. The lowest BCUT2D eigenvalue weighted by Crippen LogP contribution is -2.67. The molecule has 1 rings (SSSR count). The van der Waals surface area contributed by atoms with Crippen molar-refractivity contribution in [2.45, 2.75) is 37.6 Å². The molecular weight excluding hydrogens is 232 g/mol. The molecule has 2 N–H and O–H groups in total. The first-order valence-corrected chi connectivity index (χ1v) is 5.13. The number of carbonyl (C=O) groups is 1. The van der Waals surface area contributed by atoms with Gasteiger partial charge in [0.1, 0.15) is 6.10 Å². The highest BCUT2D eigenvalue weighted by Crippen LogP contribution is 2.38. The summed E-state index contributed by atoms with van der Waals surface area (Å²) in [6, 6.07) is 0. The first-order chi connectivity index (χ1) is 7.83. The van der Waals surface area contributed by atoms with Crippen LogP contribution in [0.15, 0.2) is 0 Å². The largest absolute Gasteiger partial charge is 0.479 e. The smallest absolute Gasteiger partial charge is 0.335 e. The number of methoxy groups -OCH3 is 2. The molecule has 0 aromatic heterocycles. The van der Waals surface area contributed by atoms with Crippen LogP contribution in [0.1, 0.15) is 13.8 Å². The second-order valence-corrected chi connectivity index (χ2v) is 4.02. The summed E-state index contributed by atoms with van der Waals surface area (Å²) < 4.78 is 21.1. The molecular formula is C10H18O7. The Morgan fingerprint density at radius 2 is 1.71 bits per heavy atom. The number of carboxylic acids is 1. The van der Waals surface area contributed by atoms with E-state index in [1.54, 1.807) is 6.92 Å². The van der Waals surface area contributed by atoms with Crippen LogP contribution >= 0.6 is 0 Å². The Balaban J connectivity index is 3.05. The molecule has 1 aliphatic heterocycles. The van der Waals surface area contributed by atoms with E-state index >= 15 is 0 Å². The highest BCUT2D eigenvalue weighted by atomic mass is 16.8. The van der Waals surface area contributed by atoms with Crippen LogP contribution in [0.4, 0.5) is 0 Å². The van der Waals surface area contributed by atoms with E-state index in [-0.39, 0.29) is 0 Å². The van der Waals surface area contributed by atoms with Gasteiger partial charge in [-0.1, -0.05) is 0 Å². The van der Waals surface area contributed by atoms with Crippen LogP contribution in [0.2, 0.25) is 0 Å². The molecule has 0 aromatic rings. The van der Waals surface area contributed by atoms with Gasteiger partial charge in [-0.2, -0.15) is 0 Å². The third-order valence-electron chi connectivity index (χ3n) is 3.09. The van der Waals surface area contributed by atoms with Crippen LogP contribution in [0.3, 0.4) is 0 Å². The Morgan fingerprint density at radius 1 is 1.24 bits per heavy atom. The first-order valence-electron chi connectivity index (χ1n) is 5.13. The van der Waals surface area contributed by atoms with Crippen LogP contribution in [-0.4, -0.2) is 60.8 Å². The van der Waals surface area contributed by atoms with Crippen LogP contribution < -0.4 is 0 Å². The number of hydrogen-bond acceptors (Lipinski definition) is 6. The molecule has 4 atom stereocenters. The summed E-state index contributed by atoms with van der Waals surface area (Å²) in [4.78, 5) is 11.0. The Hall–Kier alpha value is -0.730. The van der Waals surface area contributed by atoms with E-state index in [1.165, 1.54) is 21.1 Å². The topological polar surface area (TPSA) is 94.5 Å². The highest BCUT2D eigenvalue weighted by Gasteiger charge is 2.58. The fourth-order valence-corrected chi connectivity index (χ4v) is 1.69. The molecule has 0 aliphatic carbocycles. The zero-order chi connectivity index (χ0) is 13.3. The Bertz CT molecular complexity index is 294. The van der Waals surface area contributed by atoms with Gasteiger partial charge in [-0.25, -0.2) is 4.79 Å². The predicted molar refractivity (Wildman–Crippen MR) is 55.3 cm³/mol. The lowest BCUT2D eigenvalue weighted by atomic mass is 10.0. The molecule has 1 saturated heterocycles. The summed E-state index contributed by atoms with van der Waals surface area (Å²) in [5.41, 5.74) is 0. The third-order valence-corrected chi connectivity index (χ3v) is 3.09. The van der Waals surface area contributed by atoms with Crippen LogP contribution in [0, 0.1) is 0 Å². The van der Waals surface area contributed by atoms with Crippen molar-refractivity contribution >= 4 is 5.97 Å². The van der Waals surface area contributed by atoms with E-state index in [1.807, 2.05) is 0 Å². The van der Waals surface area contributed by atoms with E-state index in [9.17, 15) is 4.79 Å². The molecule has 0 amide bonds. The molecule has 7 nitrogen and oxygen atoms in total. The van der Waals surface area contributed by atoms with Crippen LogP contribution in [0.5, 0.6) is 0 Å². The predicted octanol–water partition coefficient (Wildman–Crippen LogP) is -0.427. The van der Waals surface area contributed by atoms with E-state index in [4.69, 9.17) is 29.2 Å². The summed E-state index contributed by atoms with van der Waals surface area (Å²) in [5.74, 6) is -3.91. The summed E-state index contributed by atoms with van der Waals surface area (Å²) in [6.45, 7) is 2.58. The highest BCUT2D eigenvalue weighted by molar-refractivity contribution is 5.73. The Morgan fingerprint density at radius 3 is 2.06 bits per heavy atom. The molecule has 0 bridgehead atoms. The molecule has 100 valence electrons. The molecule has 1 fully saturated rings. The van der Waals surface area contributed by atoms with Crippen molar-refractivity contribution in [3.63, 3.8) is 0 Å². The average molecular weight is 250 g/mol. The van der Waals surface area contributed by atoms with Crippen molar-refractivity contribution < 1.29 is 34.0 Å². The normalized spacial score (nSPS) is 42.4. The fourth-order valence-electron chi connectivity index (χ4n) is 1.69. The number of carboxylic acid groups (broad SMARTS) is 1. The Labute approximate surface area is 99.2 Å². The molecule has 0 unspecified atom stereocenters. The second kappa shape index (κ2) is 4.87. The lowest BCUT2D eigenvalue weighted by Gasteiger charge is -2.50. The quantitative estimate of drug-likeness (QED) is 0.699. The Kier molecular flexibility index (Phi) is 4.11. The van der Waals surface area contributed by atoms with Gasteiger partial charge < -0.3 is 29.2 Å². The molecule has 0 saturated carbocycles. The van der Waals surface area contributed by atoms with Gasteiger partial charge in [0.2, 0.25) is 11.6 Å². The van der Waals surface area contributed by atoms with Crippen molar-refractivity contribution in [2.24, 2.45) is 0 Å². The van der Waals surface area contributed by atoms with Crippen molar-refractivity contribution in [2.75, 3.05) is 20.8 Å². The molecule has 0 spiro atoms. The number of aliphatic carboxylic acids is 1. The van der Waals surface area contributed by atoms with Gasteiger partial charge in [0.05, 0.1) is 6.61 Å².